The highest BCUT2D eigenvalue weighted by Gasteiger charge is 2.25. The Hall–Kier alpha value is -9.30. The first-order valence-corrected chi connectivity index (χ1v) is 21.8. The molecule has 0 N–H and O–H groups in total. The van der Waals surface area contributed by atoms with Crippen LogP contribution in [0.4, 0.5) is 34.4 Å². The van der Waals surface area contributed by atoms with Crippen LogP contribution in [-0.4, -0.2) is 77.3 Å². The smallest absolute Gasteiger partial charge is 0.178 e. The average molecular weight is 893 g/mol. The molecule has 0 spiro atoms. The fourth-order valence-corrected chi connectivity index (χ4v) is 7.13. The van der Waals surface area contributed by atoms with E-state index in [0.29, 0.717) is 5.82 Å². The van der Waals surface area contributed by atoms with Crippen LogP contribution in [0.1, 0.15) is 0 Å². The lowest BCUT2D eigenvalue weighted by molar-refractivity contribution is 0.926. The molecule has 10 aromatic rings. The van der Waals surface area contributed by atoms with Gasteiger partial charge in [0, 0.05) is 93.4 Å². The van der Waals surface area contributed by atoms with E-state index < -0.39 is 0 Å². The summed E-state index contributed by atoms with van der Waals surface area (Å²) in [6.45, 7) is 1.67. The molecule has 0 amide bonds. The monoisotopic (exact) mass is 892 g/mol. The molecule has 0 bridgehead atoms. The van der Waals surface area contributed by atoms with Gasteiger partial charge >= 0.3 is 0 Å². The first-order valence-electron chi connectivity index (χ1n) is 21.8. The van der Waals surface area contributed by atoms with Gasteiger partial charge in [0.1, 0.15) is 11.5 Å². The summed E-state index contributed by atoms with van der Waals surface area (Å²) in [5, 5.41) is 0. The predicted octanol–water partition coefficient (Wildman–Crippen LogP) is 10.5. The molecule has 9 heterocycles. The summed E-state index contributed by atoms with van der Waals surface area (Å²) >= 11 is 0. The molecule has 0 fully saturated rings. The molecule has 2 aliphatic rings. The molecule has 12 rings (SSSR count). The molecule has 0 saturated carbocycles. The summed E-state index contributed by atoms with van der Waals surface area (Å²) < 4.78 is 0. The quantitative estimate of drug-likeness (QED) is 0.162. The van der Waals surface area contributed by atoms with E-state index in [2.05, 4.69) is 138 Å². The summed E-state index contributed by atoms with van der Waals surface area (Å²) in [6.07, 6.45) is 22.5. The normalized spacial score (nSPS) is 11.7. The van der Waals surface area contributed by atoms with Crippen molar-refractivity contribution in [1.82, 2.24) is 49.8 Å². The zero-order chi connectivity index (χ0) is 46.6. The van der Waals surface area contributed by atoms with Gasteiger partial charge in [-0.3, -0.25) is 29.9 Å². The van der Waals surface area contributed by atoms with Gasteiger partial charge in [-0.15, -0.1) is 0 Å². The van der Waals surface area contributed by atoms with E-state index in [0.717, 1.165) is 53.2 Å². The number of hydrogen-bond donors (Lipinski definition) is 0. The number of benzene rings is 3. The lowest BCUT2D eigenvalue weighted by atomic mass is 10.1. The number of nitrogens with zero attached hydrogens (tertiary/aromatic N) is 14. The molecule has 14 nitrogen and oxygen atoms in total. The van der Waals surface area contributed by atoms with E-state index in [4.69, 9.17) is 0 Å². The molecule has 334 valence electrons. The van der Waals surface area contributed by atoms with Gasteiger partial charge in [0.25, 0.3) is 0 Å². The fourth-order valence-electron chi connectivity index (χ4n) is 7.13. The second-order valence-corrected chi connectivity index (χ2v) is 15.0. The molecule has 68 heavy (non-hydrogen) atoms. The van der Waals surface area contributed by atoms with Gasteiger partial charge in [-0.1, -0.05) is 72.8 Å². The van der Waals surface area contributed by atoms with Gasteiger partial charge in [0.15, 0.2) is 11.6 Å². The Morgan fingerprint density at radius 3 is 1.34 bits per heavy atom. The van der Waals surface area contributed by atoms with Crippen LogP contribution in [-0.2, 0) is 0 Å². The van der Waals surface area contributed by atoms with Crippen LogP contribution in [0.25, 0.3) is 34.0 Å². The van der Waals surface area contributed by atoms with E-state index in [1.54, 1.807) is 74.2 Å². The number of para-hydroxylation sites is 4. The Bertz CT molecular complexity index is 2600. The lowest BCUT2D eigenvalue weighted by Gasteiger charge is -2.17. The molecule has 0 aliphatic carbocycles. The molecule has 3 aromatic carbocycles. The molecule has 0 unspecified atom stereocenters. The summed E-state index contributed by atoms with van der Waals surface area (Å²) in [6, 6.07) is 50.1. The van der Waals surface area contributed by atoms with Gasteiger partial charge in [0.05, 0.1) is 59.9 Å². The highest BCUT2D eigenvalue weighted by molar-refractivity contribution is 5.81. The molecule has 0 atom stereocenters. The van der Waals surface area contributed by atoms with Gasteiger partial charge < -0.3 is 19.6 Å². The largest absolute Gasteiger partial charge is 0.355 e. The first-order chi connectivity index (χ1) is 33.6. The van der Waals surface area contributed by atoms with Crippen LogP contribution in [0.2, 0.25) is 0 Å². The Morgan fingerprint density at radius 2 is 0.794 bits per heavy atom. The number of hydrogen-bond acceptors (Lipinski definition) is 14. The van der Waals surface area contributed by atoms with Crippen LogP contribution < -0.4 is 19.6 Å². The van der Waals surface area contributed by atoms with E-state index in [-0.39, 0.29) is 0 Å². The highest BCUT2D eigenvalue weighted by Crippen LogP contribution is 2.39. The zero-order valence-electron chi connectivity index (χ0n) is 37.6. The molecular formula is C54H48N14. The summed E-state index contributed by atoms with van der Waals surface area (Å²) in [5.74, 6) is 2.55. The molecule has 2 aliphatic heterocycles. The summed E-state index contributed by atoms with van der Waals surface area (Å²) in [7, 11) is 4.18. The van der Waals surface area contributed by atoms with Crippen LogP contribution in [0, 0.1) is 0 Å². The molecular weight excluding hydrogens is 845 g/mol. The summed E-state index contributed by atoms with van der Waals surface area (Å²) in [4.78, 5) is 50.3. The minimum atomic E-state index is 0.665. The lowest BCUT2D eigenvalue weighted by Crippen LogP contribution is -2.24. The number of rotatable bonds is 5. The topological polar surface area (TPSA) is 142 Å². The van der Waals surface area contributed by atoms with Crippen LogP contribution in [0.3, 0.4) is 0 Å². The molecule has 0 saturated heterocycles. The second-order valence-electron chi connectivity index (χ2n) is 15.0. The van der Waals surface area contributed by atoms with Crippen LogP contribution in [0.5, 0.6) is 0 Å². The summed E-state index contributed by atoms with van der Waals surface area (Å²) in [5.41, 5.74) is 9.74. The van der Waals surface area contributed by atoms with Gasteiger partial charge in [-0.2, -0.15) is 0 Å². The fraction of sp³-hybridized carbons (Fsp3) is 0.0741. The number of anilines is 6. The van der Waals surface area contributed by atoms with Crippen molar-refractivity contribution < 1.29 is 0 Å². The molecule has 14 heteroatoms. The Morgan fingerprint density at radius 1 is 0.309 bits per heavy atom. The maximum atomic E-state index is 4.39. The minimum absolute atomic E-state index is 0.665. The number of fused-ring (bicyclic) bond motifs is 2. The van der Waals surface area contributed by atoms with Crippen molar-refractivity contribution in [1.29, 1.82) is 0 Å². The van der Waals surface area contributed by atoms with E-state index in [9.17, 15) is 0 Å². The van der Waals surface area contributed by atoms with Crippen molar-refractivity contribution in [2.75, 3.05) is 47.0 Å². The maximum absolute atomic E-state index is 4.39. The number of pyridine rings is 4. The third-order valence-corrected chi connectivity index (χ3v) is 10.3. The molecule has 0 radical (unpaired) electrons. The SMILES string of the molecule is CN1CN(c2ccccn2)c2ccccc21.CN1CN(c2cnccn2)c2ccccc21.c1ccc(-c2ccccn2)cc1.c1ccc(-c2ncccn2)nc1.c1cncc(-c2cnccn2)c1. The predicted molar refractivity (Wildman–Crippen MR) is 270 cm³/mol. The van der Waals surface area contributed by atoms with Crippen molar-refractivity contribution >= 4 is 34.4 Å². The van der Waals surface area contributed by atoms with Crippen molar-refractivity contribution in [3.05, 3.63) is 232 Å². The van der Waals surface area contributed by atoms with Crippen LogP contribution >= 0.6 is 0 Å². The Kier molecular flexibility index (Phi) is 15.7. The Labute approximate surface area is 396 Å². The van der Waals surface area contributed by atoms with E-state index in [1.165, 1.54) is 22.7 Å². The average Bonchev–Trinajstić information content (AvgIpc) is 3.97. The van der Waals surface area contributed by atoms with Gasteiger partial charge in [0.2, 0.25) is 0 Å². The van der Waals surface area contributed by atoms with Crippen molar-refractivity contribution in [3.63, 3.8) is 0 Å². The minimum Gasteiger partial charge on any atom is -0.355 e. The van der Waals surface area contributed by atoms with Crippen LogP contribution in [0.15, 0.2) is 232 Å². The van der Waals surface area contributed by atoms with E-state index in [1.807, 2.05) is 103 Å². The van der Waals surface area contributed by atoms with E-state index >= 15 is 0 Å². The third kappa shape index (κ3) is 12.1. The Balaban J connectivity index is 0.000000116. The number of aromatic nitrogens is 10. The van der Waals surface area contributed by atoms with Crippen molar-refractivity contribution in [2.24, 2.45) is 0 Å². The molecule has 7 aromatic heterocycles. The van der Waals surface area contributed by atoms with Gasteiger partial charge in [-0.05, 0) is 78.9 Å². The highest BCUT2D eigenvalue weighted by atomic mass is 15.4. The third-order valence-electron chi connectivity index (χ3n) is 10.3. The zero-order valence-corrected chi connectivity index (χ0v) is 37.6. The van der Waals surface area contributed by atoms with Crippen molar-refractivity contribution in [2.45, 2.75) is 0 Å². The van der Waals surface area contributed by atoms with Gasteiger partial charge in [-0.25, -0.2) is 19.9 Å². The van der Waals surface area contributed by atoms with Crippen molar-refractivity contribution in [3.8, 4) is 34.0 Å². The standard InChI is InChI=1S/C13H13N3.C12H12N4.C11H9N.2C9H7N3/c1-15-10-16(13-8-4-5-9-14-13)12-7-3-2-6-11(12)15;1-15-9-16(12-8-13-6-7-14-12)11-5-3-2-4-10(11)15;1-2-6-10(7-3-1)11-8-4-5-9-12-11;1-2-5-10-8(4-1)9-11-6-3-7-12-9;1-2-8(6-10-3-1)9-7-11-4-5-12-9/h2-9H,10H2,1H3;2-8H,9H2,1H3;1-9H;2*1-7H. The maximum Gasteiger partial charge on any atom is 0.178 e. The second kappa shape index (κ2) is 23.6. The first kappa shape index (κ1) is 45.3.